The van der Waals surface area contributed by atoms with Crippen LogP contribution in [0.15, 0.2) is 48.5 Å². The van der Waals surface area contributed by atoms with E-state index < -0.39 is 0 Å². The fourth-order valence-corrected chi connectivity index (χ4v) is 4.21. The van der Waals surface area contributed by atoms with Gasteiger partial charge in [-0.3, -0.25) is 9.59 Å². The van der Waals surface area contributed by atoms with Gasteiger partial charge in [0.15, 0.2) is 0 Å². The number of hydrogen-bond acceptors (Lipinski definition) is 4. The first-order chi connectivity index (χ1) is 14.6. The fraction of sp³-hybridized carbons (Fsp3) is 0.417. The van der Waals surface area contributed by atoms with Gasteiger partial charge in [0.05, 0.1) is 5.92 Å². The normalized spacial score (nSPS) is 21.2. The molecule has 0 aromatic heterocycles. The Kier molecular flexibility index (Phi) is 6.21. The minimum atomic E-state index is -0.255. The van der Waals surface area contributed by atoms with E-state index in [1.807, 2.05) is 24.3 Å². The summed E-state index contributed by atoms with van der Waals surface area (Å²) in [5.41, 5.74) is 4.39. The number of benzene rings is 2. The molecule has 3 N–H and O–H groups in total. The maximum Gasteiger partial charge on any atom is 0.225 e. The van der Waals surface area contributed by atoms with Crippen molar-refractivity contribution >= 4 is 28.9 Å². The van der Waals surface area contributed by atoms with Gasteiger partial charge in [0.2, 0.25) is 11.8 Å². The first kappa shape index (κ1) is 20.3. The highest BCUT2D eigenvalue weighted by Gasteiger charge is 2.27. The lowest BCUT2D eigenvalue weighted by Crippen LogP contribution is -2.37. The van der Waals surface area contributed by atoms with Crippen LogP contribution in [0, 0.1) is 5.92 Å². The Bertz CT molecular complexity index is 879. The molecule has 2 atom stereocenters. The van der Waals surface area contributed by atoms with Crippen LogP contribution in [0.5, 0.6) is 0 Å². The molecule has 0 saturated carbocycles. The van der Waals surface area contributed by atoms with Crippen LogP contribution in [-0.2, 0) is 16.1 Å². The van der Waals surface area contributed by atoms with Gasteiger partial charge in [0, 0.05) is 49.2 Å². The Morgan fingerprint density at radius 2 is 1.77 bits per heavy atom. The van der Waals surface area contributed by atoms with Gasteiger partial charge in [-0.2, -0.15) is 0 Å². The molecule has 0 radical (unpaired) electrons. The van der Waals surface area contributed by atoms with Gasteiger partial charge in [-0.1, -0.05) is 12.1 Å². The lowest BCUT2D eigenvalue weighted by atomic mass is 10.0. The van der Waals surface area contributed by atoms with Gasteiger partial charge >= 0.3 is 0 Å². The summed E-state index contributed by atoms with van der Waals surface area (Å²) in [6, 6.07) is 17.3. The molecule has 0 bridgehead atoms. The lowest BCUT2D eigenvalue weighted by molar-refractivity contribution is -0.126. The van der Waals surface area contributed by atoms with Crippen molar-refractivity contribution in [2.75, 3.05) is 23.3 Å². The average molecular weight is 407 g/mol. The van der Waals surface area contributed by atoms with E-state index in [4.69, 9.17) is 0 Å². The molecule has 2 aliphatic heterocycles. The number of carbonyl (C=O) groups excluding carboxylic acids is 2. The van der Waals surface area contributed by atoms with Gasteiger partial charge in [-0.15, -0.1) is 0 Å². The molecular weight excluding hydrogens is 376 g/mol. The molecule has 158 valence electrons. The molecule has 30 heavy (non-hydrogen) atoms. The molecule has 2 amide bonds. The molecule has 2 fully saturated rings. The average Bonchev–Trinajstić information content (AvgIpc) is 3.20. The summed E-state index contributed by atoms with van der Waals surface area (Å²) < 4.78 is 0. The smallest absolute Gasteiger partial charge is 0.225 e. The van der Waals surface area contributed by atoms with Crippen molar-refractivity contribution in [2.45, 2.75) is 45.2 Å². The summed E-state index contributed by atoms with van der Waals surface area (Å²) in [5.74, 6) is -0.378. The minimum Gasteiger partial charge on any atom is -0.369 e. The highest BCUT2D eigenvalue weighted by molar-refractivity contribution is 5.89. The first-order valence-corrected chi connectivity index (χ1v) is 10.9. The second-order valence-electron chi connectivity index (χ2n) is 8.33. The van der Waals surface area contributed by atoms with E-state index in [0.717, 1.165) is 23.5 Å². The van der Waals surface area contributed by atoms with Crippen LogP contribution in [0.25, 0.3) is 0 Å². The number of nitrogens with one attached hydrogen (secondary N) is 3. The van der Waals surface area contributed by atoms with Gasteiger partial charge in [0.25, 0.3) is 0 Å². The summed E-state index contributed by atoms with van der Waals surface area (Å²) in [7, 11) is 0. The Morgan fingerprint density at radius 1 is 1.07 bits per heavy atom. The zero-order valence-electron chi connectivity index (χ0n) is 17.5. The quantitative estimate of drug-likeness (QED) is 0.686. The number of anilines is 3. The van der Waals surface area contributed by atoms with Crippen molar-refractivity contribution in [1.29, 1.82) is 0 Å². The monoisotopic (exact) mass is 406 g/mol. The molecule has 0 spiro atoms. The van der Waals surface area contributed by atoms with E-state index in [2.05, 4.69) is 52.0 Å². The van der Waals surface area contributed by atoms with E-state index in [1.54, 1.807) is 0 Å². The Morgan fingerprint density at radius 3 is 2.40 bits per heavy atom. The lowest BCUT2D eigenvalue weighted by Gasteiger charge is -2.35. The summed E-state index contributed by atoms with van der Waals surface area (Å²) in [6.07, 6.45) is 4.15. The number of piperidine rings is 1. The predicted octanol–water partition coefficient (Wildman–Crippen LogP) is 3.56. The zero-order valence-corrected chi connectivity index (χ0v) is 17.5. The Balaban J connectivity index is 1.29. The van der Waals surface area contributed by atoms with E-state index in [1.165, 1.54) is 24.9 Å². The van der Waals surface area contributed by atoms with Crippen LogP contribution < -0.4 is 20.9 Å². The molecule has 2 aromatic rings. The van der Waals surface area contributed by atoms with Crippen LogP contribution in [0.4, 0.5) is 17.1 Å². The van der Waals surface area contributed by atoms with Gasteiger partial charge in [-0.25, -0.2) is 0 Å². The van der Waals surface area contributed by atoms with E-state index in [0.29, 0.717) is 19.1 Å². The number of rotatable bonds is 6. The van der Waals surface area contributed by atoms with Crippen molar-refractivity contribution in [3.05, 3.63) is 54.1 Å². The molecule has 4 rings (SSSR count). The third-order valence-corrected chi connectivity index (χ3v) is 6.06. The van der Waals surface area contributed by atoms with Crippen molar-refractivity contribution < 1.29 is 9.59 Å². The van der Waals surface area contributed by atoms with Gasteiger partial charge in [-0.05, 0) is 68.1 Å². The number of nitrogens with zero attached hydrogens (tertiary/aromatic N) is 1. The largest absolute Gasteiger partial charge is 0.369 e. The molecule has 2 aliphatic rings. The van der Waals surface area contributed by atoms with Crippen LogP contribution in [0.3, 0.4) is 0 Å². The maximum absolute atomic E-state index is 12.1. The van der Waals surface area contributed by atoms with Gasteiger partial charge < -0.3 is 20.9 Å². The SMILES string of the molecule is CC1CCCCN1c1ccc(Nc2ccc(CNC(=O)C3CNC(=O)C3)cc2)cc1. The number of carbonyl (C=O) groups is 2. The van der Waals surface area contributed by atoms with E-state index in [9.17, 15) is 9.59 Å². The number of amides is 2. The van der Waals surface area contributed by atoms with E-state index >= 15 is 0 Å². The predicted molar refractivity (Wildman–Crippen MR) is 120 cm³/mol. The molecule has 2 unspecified atom stereocenters. The molecule has 2 aromatic carbocycles. The Labute approximate surface area is 178 Å². The third-order valence-electron chi connectivity index (χ3n) is 6.06. The fourth-order valence-electron chi connectivity index (χ4n) is 4.21. The molecule has 0 aliphatic carbocycles. The maximum atomic E-state index is 12.1. The topological polar surface area (TPSA) is 73.5 Å². The second-order valence-corrected chi connectivity index (χ2v) is 8.33. The molecule has 6 nitrogen and oxygen atoms in total. The van der Waals surface area contributed by atoms with Crippen molar-refractivity contribution in [3.8, 4) is 0 Å². The molecule has 2 saturated heterocycles. The van der Waals surface area contributed by atoms with Crippen LogP contribution in [-0.4, -0.2) is 30.9 Å². The Hall–Kier alpha value is -3.02. The summed E-state index contributed by atoms with van der Waals surface area (Å²) in [5, 5.41) is 9.04. The van der Waals surface area contributed by atoms with Crippen LogP contribution in [0.1, 0.15) is 38.2 Å². The van der Waals surface area contributed by atoms with Gasteiger partial charge in [0.1, 0.15) is 0 Å². The summed E-state index contributed by atoms with van der Waals surface area (Å²) >= 11 is 0. The molecule has 6 heteroatoms. The van der Waals surface area contributed by atoms with Crippen molar-refractivity contribution in [3.63, 3.8) is 0 Å². The minimum absolute atomic E-state index is 0.0518. The van der Waals surface area contributed by atoms with Crippen LogP contribution >= 0.6 is 0 Å². The third kappa shape index (κ3) is 4.93. The zero-order chi connectivity index (χ0) is 20.9. The molecule has 2 heterocycles. The summed E-state index contributed by atoms with van der Waals surface area (Å²) in [6.45, 7) is 4.34. The van der Waals surface area contributed by atoms with Crippen molar-refractivity contribution in [1.82, 2.24) is 10.6 Å². The number of hydrogen-bond donors (Lipinski definition) is 3. The van der Waals surface area contributed by atoms with E-state index in [-0.39, 0.29) is 24.2 Å². The van der Waals surface area contributed by atoms with Crippen molar-refractivity contribution in [2.24, 2.45) is 5.92 Å². The summed E-state index contributed by atoms with van der Waals surface area (Å²) in [4.78, 5) is 25.8. The highest BCUT2D eigenvalue weighted by Crippen LogP contribution is 2.27. The van der Waals surface area contributed by atoms with Crippen LogP contribution in [0.2, 0.25) is 0 Å². The first-order valence-electron chi connectivity index (χ1n) is 10.9. The second kappa shape index (κ2) is 9.20. The molecular formula is C24H30N4O2. The standard InChI is InChI=1S/C24H30N4O2/c1-17-4-2-3-13-28(17)22-11-9-21(10-12-22)27-20-7-5-18(6-8-20)15-26-24(30)19-14-23(29)25-16-19/h5-12,17,19,27H,2-4,13-16H2,1H3,(H,25,29)(H,26,30). The highest BCUT2D eigenvalue weighted by atomic mass is 16.2.